The van der Waals surface area contributed by atoms with E-state index in [4.69, 9.17) is 5.84 Å². The van der Waals surface area contributed by atoms with Gasteiger partial charge in [-0.1, -0.05) is 30.0 Å². The monoisotopic (exact) mass is 340 g/mol. The molecule has 24 heavy (non-hydrogen) atoms. The van der Waals surface area contributed by atoms with Crippen LogP contribution in [0.25, 0.3) is 11.4 Å². The van der Waals surface area contributed by atoms with Crippen LogP contribution in [-0.2, 0) is 4.79 Å². The van der Waals surface area contributed by atoms with Crippen molar-refractivity contribution in [3.8, 4) is 11.4 Å². The predicted molar refractivity (Wildman–Crippen MR) is 94.0 cm³/mol. The van der Waals surface area contributed by atoms with E-state index >= 15 is 0 Å². The molecular weight excluding hydrogens is 324 g/mol. The van der Waals surface area contributed by atoms with Crippen LogP contribution in [0.5, 0.6) is 0 Å². The number of amides is 1. The standard InChI is InChI=1S/C16H16N6OS/c1-21(13-7-3-2-4-8-13)14(23)11-24-16-20-19-15(22(16)17)12-6-5-9-18-10-12/h2-10H,11,17H2,1H3. The molecule has 0 saturated heterocycles. The minimum Gasteiger partial charge on any atom is -0.335 e. The third-order valence-corrected chi connectivity index (χ3v) is 4.35. The first-order valence-corrected chi connectivity index (χ1v) is 8.20. The summed E-state index contributed by atoms with van der Waals surface area (Å²) in [7, 11) is 1.74. The second-order valence-corrected chi connectivity index (χ2v) is 5.94. The molecule has 0 bridgehead atoms. The summed E-state index contributed by atoms with van der Waals surface area (Å²) in [5.74, 6) is 6.71. The Labute approximate surface area is 143 Å². The van der Waals surface area contributed by atoms with Gasteiger partial charge in [-0.15, -0.1) is 10.2 Å². The van der Waals surface area contributed by atoms with Gasteiger partial charge in [0.15, 0.2) is 5.82 Å². The highest BCUT2D eigenvalue weighted by Crippen LogP contribution is 2.21. The number of nitrogens with two attached hydrogens (primary N) is 1. The second kappa shape index (κ2) is 7.14. The molecule has 1 aromatic carbocycles. The van der Waals surface area contributed by atoms with Crippen molar-refractivity contribution in [3.05, 3.63) is 54.9 Å². The third-order valence-electron chi connectivity index (χ3n) is 3.43. The van der Waals surface area contributed by atoms with E-state index < -0.39 is 0 Å². The number of rotatable bonds is 5. The number of nitrogen functional groups attached to an aromatic ring is 1. The number of aromatic nitrogens is 4. The average molecular weight is 340 g/mol. The van der Waals surface area contributed by atoms with Crippen molar-refractivity contribution in [2.24, 2.45) is 0 Å². The van der Waals surface area contributed by atoms with Gasteiger partial charge in [-0.25, -0.2) is 4.68 Å². The maximum absolute atomic E-state index is 12.3. The zero-order valence-electron chi connectivity index (χ0n) is 13.0. The molecular formula is C16H16N6OS. The van der Waals surface area contributed by atoms with E-state index in [-0.39, 0.29) is 11.7 Å². The van der Waals surface area contributed by atoms with Crippen LogP contribution in [0.2, 0.25) is 0 Å². The number of hydrogen-bond donors (Lipinski definition) is 1. The summed E-state index contributed by atoms with van der Waals surface area (Å²) in [6.07, 6.45) is 3.34. The number of hydrogen-bond acceptors (Lipinski definition) is 6. The highest BCUT2D eigenvalue weighted by atomic mass is 32.2. The van der Waals surface area contributed by atoms with Crippen molar-refractivity contribution in [2.45, 2.75) is 5.16 Å². The molecule has 2 heterocycles. The molecule has 3 aromatic rings. The van der Waals surface area contributed by atoms with Crippen LogP contribution >= 0.6 is 11.8 Å². The predicted octanol–water partition coefficient (Wildman–Crippen LogP) is 1.81. The van der Waals surface area contributed by atoms with Gasteiger partial charge in [-0.3, -0.25) is 9.78 Å². The minimum absolute atomic E-state index is 0.0443. The van der Waals surface area contributed by atoms with Gasteiger partial charge < -0.3 is 10.7 Å². The number of carbonyl (C=O) groups is 1. The number of carbonyl (C=O) groups excluding carboxylic acids is 1. The van der Waals surface area contributed by atoms with Crippen LogP contribution in [0.1, 0.15) is 0 Å². The van der Waals surface area contributed by atoms with E-state index in [2.05, 4.69) is 15.2 Å². The van der Waals surface area contributed by atoms with E-state index in [1.54, 1.807) is 30.4 Å². The van der Waals surface area contributed by atoms with Crippen LogP contribution in [0, 0.1) is 0 Å². The Morgan fingerprint density at radius 3 is 2.71 bits per heavy atom. The zero-order valence-corrected chi connectivity index (χ0v) is 13.8. The fourth-order valence-corrected chi connectivity index (χ4v) is 2.86. The fourth-order valence-electron chi connectivity index (χ4n) is 2.09. The maximum atomic E-state index is 12.3. The summed E-state index contributed by atoms with van der Waals surface area (Å²) < 4.78 is 1.37. The molecule has 0 aliphatic carbocycles. The molecule has 0 aliphatic rings. The van der Waals surface area contributed by atoms with E-state index in [0.717, 1.165) is 11.3 Å². The average Bonchev–Trinajstić information content (AvgIpc) is 3.01. The molecule has 0 fully saturated rings. The van der Waals surface area contributed by atoms with Crippen LogP contribution < -0.4 is 10.7 Å². The summed E-state index contributed by atoms with van der Waals surface area (Å²) in [6.45, 7) is 0. The van der Waals surface area contributed by atoms with E-state index in [1.807, 2.05) is 36.4 Å². The van der Waals surface area contributed by atoms with Crippen molar-refractivity contribution < 1.29 is 4.79 Å². The summed E-state index contributed by atoms with van der Waals surface area (Å²) in [5, 5.41) is 8.59. The highest BCUT2D eigenvalue weighted by molar-refractivity contribution is 7.99. The van der Waals surface area contributed by atoms with Gasteiger partial charge in [0.1, 0.15) is 0 Å². The molecule has 0 aliphatic heterocycles. The smallest absolute Gasteiger partial charge is 0.237 e. The lowest BCUT2D eigenvalue weighted by atomic mass is 10.3. The first kappa shape index (κ1) is 16.0. The number of pyridine rings is 1. The lowest BCUT2D eigenvalue weighted by molar-refractivity contribution is -0.115. The Balaban J connectivity index is 1.67. The number of anilines is 1. The Morgan fingerprint density at radius 2 is 2.00 bits per heavy atom. The van der Waals surface area contributed by atoms with Crippen molar-refractivity contribution in [1.82, 2.24) is 19.9 Å². The van der Waals surface area contributed by atoms with Crippen LogP contribution in [0.3, 0.4) is 0 Å². The maximum Gasteiger partial charge on any atom is 0.237 e. The Morgan fingerprint density at radius 1 is 1.21 bits per heavy atom. The quantitative estimate of drug-likeness (QED) is 0.563. The van der Waals surface area contributed by atoms with Crippen molar-refractivity contribution in [1.29, 1.82) is 0 Å². The normalized spacial score (nSPS) is 10.5. The summed E-state index contributed by atoms with van der Waals surface area (Å²) in [6, 6.07) is 13.1. The fraction of sp³-hybridized carbons (Fsp3) is 0.125. The summed E-state index contributed by atoms with van der Waals surface area (Å²) in [5.41, 5.74) is 1.61. The molecule has 2 aromatic heterocycles. The molecule has 0 spiro atoms. The Kier molecular flexibility index (Phi) is 4.76. The Hall–Kier alpha value is -2.87. The first-order chi connectivity index (χ1) is 11.7. The molecule has 7 nitrogen and oxygen atoms in total. The van der Waals surface area contributed by atoms with Crippen molar-refractivity contribution in [2.75, 3.05) is 23.5 Å². The van der Waals surface area contributed by atoms with Gasteiger partial charge >= 0.3 is 0 Å². The minimum atomic E-state index is -0.0443. The van der Waals surface area contributed by atoms with Gasteiger partial charge in [0, 0.05) is 30.7 Å². The lowest BCUT2D eigenvalue weighted by Gasteiger charge is -2.16. The lowest BCUT2D eigenvalue weighted by Crippen LogP contribution is -2.28. The van der Waals surface area contributed by atoms with Crippen LogP contribution in [0.15, 0.2) is 60.0 Å². The molecule has 0 unspecified atom stereocenters. The van der Waals surface area contributed by atoms with Crippen LogP contribution in [-0.4, -0.2) is 38.6 Å². The largest absolute Gasteiger partial charge is 0.335 e. The molecule has 0 saturated carbocycles. The number of benzene rings is 1. The second-order valence-electron chi connectivity index (χ2n) is 4.99. The number of para-hydroxylation sites is 1. The van der Waals surface area contributed by atoms with Gasteiger partial charge in [0.25, 0.3) is 0 Å². The SMILES string of the molecule is CN(C(=O)CSc1nnc(-c2cccnc2)n1N)c1ccccc1. The summed E-state index contributed by atoms with van der Waals surface area (Å²) in [4.78, 5) is 17.9. The molecule has 0 radical (unpaired) electrons. The number of thioether (sulfide) groups is 1. The molecule has 8 heteroatoms. The first-order valence-electron chi connectivity index (χ1n) is 7.22. The van der Waals surface area contributed by atoms with E-state index in [9.17, 15) is 4.79 Å². The van der Waals surface area contributed by atoms with Crippen molar-refractivity contribution >= 4 is 23.4 Å². The number of nitrogens with zero attached hydrogens (tertiary/aromatic N) is 5. The van der Waals surface area contributed by atoms with Gasteiger partial charge in [0.05, 0.1) is 5.75 Å². The van der Waals surface area contributed by atoms with Crippen molar-refractivity contribution in [3.63, 3.8) is 0 Å². The van der Waals surface area contributed by atoms with E-state index in [1.165, 1.54) is 16.4 Å². The molecule has 1 amide bonds. The Bertz CT molecular complexity index is 821. The van der Waals surface area contributed by atoms with Gasteiger partial charge in [0.2, 0.25) is 11.1 Å². The highest BCUT2D eigenvalue weighted by Gasteiger charge is 2.16. The van der Waals surface area contributed by atoms with Gasteiger partial charge in [-0.05, 0) is 24.3 Å². The van der Waals surface area contributed by atoms with Gasteiger partial charge in [-0.2, -0.15) is 0 Å². The van der Waals surface area contributed by atoms with E-state index in [0.29, 0.717) is 11.0 Å². The molecule has 0 atom stereocenters. The molecule has 3 rings (SSSR count). The molecule has 2 N–H and O–H groups in total. The topological polar surface area (TPSA) is 89.9 Å². The third kappa shape index (κ3) is 3.38. The zero-order chi connectivity index (χ0) is 16.9. The summed E-state index contributed by atoms with van der Waals surface area (Å²) >= 11 is 1.25. The molecule has 122 valence electrons. The van der Waals surface area contributed by atoms with Crippen LogP contribution in [0.4, 0.5) is 5.69 Å².